The number of hydrogen-bond acceptors (Lipinski definition) is 3. The zero-order valence-corrected chi connectivity index (χ0v) is 18.3. The minimum Gasteiger partial charge on any atom is -0.326 e. The summed E-state index contributed by atoms with van der Waals surface area (Å²) in [6.45, 7) is 4.61. The highest BCUT2D eigenvalue weighted by atomic mass is 16.1. The molecular formula is C27H31N3O. The monoisotopic (exact) mass is 413 g/mol. The van der Waals surface area contributed by atoms with Gasteiger partial charge in [0.15, 0.2) is 0 Å². The summed E-state index contributed by atoms with van der Waals surface area (Å²) < 4.78 is 0. The lowest BCUT2D eigenvalue weighted by Crippen LogP contribution is -2.43. The Morgan fingerprint density at radius 3 is 2.29 bits per heavy atom. The van der Waals surface area contributed by atoms with E-state index < -0.39 is 0 Å². The lowest BCUT2D eigenvalue weighted by molar-refractivity contribution is -0.114. The molecular weight excluding hydrogens is 382 g/mol. The number of aromatic nitrogens is 1. The van der Waals surface area contributed by atoms with Crippen molar-refractivity contribution in [1.82, 2.24) is 9.88 Å². The molecule has 0 spiro atoms. The van der Waals surface area contributed by atoms with Crippen LogP contribution in [0.15, 0.2) is 79.0 Å². The number of benzene rings is 2. The number of anilines is 1. The maximum absolute atomic E-state index is 11.2. The van der Waals surface area contributed by atoms with E-state index in [0.29, 0.717) is 0 Å². The Morgan fingerprint density at radius 1 is 0.935 bits per heavy atom. The van der Waals surface area contributed by atoms with Crippen LogP contribution < -0.4 is 5.32 Å². The number of pyridine rings is 1. The fraction of sp³-hybridized carbons (Fsp3) is 0.333. The van der Waals surface area contributed by atoms with E-state index in [1.807, 2.05) is 24.4 Å². The third-order valence-corrected chi connectivity index (χ3v) is 6.44. The van der Waals surface area contributed by atoms with Gasteiger partial charge in [-0.05, 0) is 74.2 Å². The van der Waals surface area contributed by atoms with E-state index >= 15 is 0 Å². The van der Waals surface area contributed by atoms with E-state index in [2.05, 4.69) is 64.8 Å². The van der Waals surface area contributed by atoms with Gasteiger partial charge in [0.25, 0.3) is 0 Å². The number of carbonyl (C=O) groups is 1. The van der Waals surface area contributed by atoms with Crippen molar-refractivity contribution in [2.45, 2.75) is 44.6 Å². The van der Waals surface area contributed by atoms with Gasteiger partial charge >= 0.3 is 0 Å². The van der Waals surface area contributed by atoms with E-state index in [-0.39, 0.29) is 11.3 Å². The number of rotatable bonds is 7. The van der Waals surface area contributed by atoms with E-state index in [1.54, 1.807) is 0 Å². The molecule has 1 amide bonds. The highest BCUT2D eigenvalue weighted by molar-refractivity contribution is 5.88. The van der Waals surface area contributed by atoms with Gasteiger partial charge in [0, 0.05) is 36.5 Å². The van der Waals surface area contributed by atoms with Gasteiger partial charge in [-0.15, -0.1) is 0 Å². The van der Waals surface area contributed by atoms with E-state index in [4.69, 9.17) is 4.98 Å². The molecule has 1 fully saturated rings. The van der Waals surface area contributed by atoms with Crippen LogP contribution in [0.5, 0.6) is 0 Å². The first kappa shape index (κ1) is 21.3. The molecule has 2 heterocycles. The SMILES string of the molecule is CC(=O)Nc1ccc(CN2CCC(CCc3ccccc3)(c3ccccn3)CC2)cc1. The summed E-state index contributed by atoms with van der Waals surface area (Å²) in [7, 11) is 0. The quantitative estimate of drug-likeness (QED) is 0.579. The number of hydrogen-bond donors (Lipinski definition) is 1. The van der Waals surface area contributed by atoms with Gasteiger partial charge in [0.05, 0.1) is 0 Å². The van der Waals surface area contributed by atoms with Crippen molar-refractivity contribution in [1.29, 1.82) is 0 Å². The van der Waals surface area contributed by atoms with Crippen LogP contribution in [0.3, 0.4) is 0 Å². The predicted molar refractivity (Wildman–Crippen MR) is 126 cm³/mol. The van der Waals surface area contributed by atoms with Gasteiger partial charge in [-0.2, -0.15) is 0 Å². The van der Waals surface area contributed by atoms with Crippen LogP contribution in [0.2, 0.25) is 0 Å². The summed E-state index contributed by atoms with van der Waals surface area (Å²) in [5.74, 6) is -0.0369. The Kier molecular flexibility index (Phi) is 6.78. The second-order valence-corrected chi connectivity index (χ2v) is 8.64. The lowest BCUT2D eigenvalue weighted by Gasteiger charge is -2.42. The van der Waals surface area contributed by atoms with Crippen LogP contribution in [-0.4, -0.2) is 28.9 Å². The molecule has 4 rings (SSSR count). The molecule has 0 saturated carbocycles. The van der Waals surface area contributed by atoms with Crippen LogP contribution in [0.25, 0.3) is 0 Å². The molecule has 0 bridgehead atoms. The topological polar surface area (TPSA) is 45.2 Å². The van der Waals surface area contributed by atoms with E-state index in [1.165, 1.54) is 23.7 Å². The van der Waals surface area contributed by atoms with Crippen molar-refractivity contribution >= 4 is 11.6 Å². The van der Waals surface area contributed by atoms with Gasteiger partial charge in [-0.25, -0.2) is 0 Å². The Hall–Kier alpha value is -2.98. The molecule has 2 aromatic carbocycles. The first-order valence-corrected chi connectivity index (χ1v) is 11.2. The Balaban J connectivity index is 1.41. The molecule has 0 unspecified atom stereocenters. The number of likely N-dealkylation sites (tertiary alicyclic amines) is 1. The largest absolute Gasteiger partial charge is 0.326 e. The van der Waals surface area contributed by atoms with Crippen LogP contribution in [0.1, 0.15) is 43.0 Å². The molecule has 1 aromatic heterocycles. The number of nitrogens with one attached hydrogen (secondary N) is 1. The molecule has 0 radical (unpaired) electrons. The average Bonchev–Trinajstić information content (AvgIpc) is 2.81. The second-order valence-electron chi connectivity index (χ2n) is 8.64. The first-order chi connectivity index (χ1) is 15.1. The summed E-state index contributed by atoms with van der Waals surface area (Å²) in [5.41, 5.74) is 4.92. The molecule has 0 aliphatic carbocycles. The number of piperidine rings is 1. The average molecular weight is 414 g/mol. The predicted octanol–water partition coefficient (Wildman–Crippen LogP) is 5.21. The first-order valence-electron chi connectivity index (χ1n) is 11.2. The molecule has 4 nitrogen and oxygen atoms in total. The standard InChI is InChI=1S/C27H31N3O/c1-22(31)29-25-12-10-24(11-13-25)21-30-19-16-27(17-20-30,26-9-5-6-18-28-26)15-14-23-7-3-2-4-8-23/h2-13,18H,14-17,19-21H2,1H3,(H,29,31). The summed E-state index contributed by atoms with van der Waals surface area (Å²) in [6, 6.07) is 25.3. The highest BCUT2D eigenvalue weighted by Crippen LogP contribution is 2.39. The molecule has 1 aliphatic rings. The van der Waals surface area contributed by atoms with Crippen LogP contribution in [-0.2, 0) is 23.2 Å². The summed E-state index contributed by atoms with van der Waals surface area (Å²) in [5, 5.41) is 2.83. The van der Waals surface area contributed by atoms with E-state index in [0.717, 1.165) is 51.0 Å². The number of aryl methyl sites for hydroxylation is 1. The minimum absolute atomic E-state index is 0.0369. The van der Waals surface area contributed by atoms with Crippen molar-refractivity contribution in [3.8, 4) is 0 Å². The van der Waals surface area contributed by atoms with Gasteiger partial charge in [-0.1, -0.05) is 48.5 Å². The van der Waals surface area contributed by atoms with Crippen molar-refractivity contribution in [2.24, 2.45) is 0 Å². The molecule has 3 aromatic rings. The third-order valence-electron chi connectivity index (χ3n) is 6.44. The molecule has 31 heavy (non-hydrogen) atoms. The van der Waals surface area contributed by atoms with Gasteiger partial charge < -0.3 is 5.32 Å². The Bertz CT molecular complexity index is 962. The normalized spacial score (nSPS) is 16.0. The van der Waals surface area contributed by atoms with Crippen molar-refractivity contribution in [3.05, 3.63) is 95.8 Å². The Morgan fingerprint density at radius 2 is 1.65 bits per heavy atom. The van der Waals surface area contributed by atoms with Crippen LogP contribution >= 0.6 is 0 Å². The summed E-state index contributed by atoms with van der Waals surface area (Å²) >= 11 is 0. The number of amides is 1. The minimum atomic E-state index is -0.0369. The molecule has 4 heteroatoms. The van der Waals surface area contributed by atoms with Gasteiger partial charge in [0.2, 0.25) is 5.91 Å². The van der Waals surface area contributed by atoms with Gasteiger partial charge in [-0.3, -0.25) is 14.7 Å². The molecule has 0 atom stereocenters. The van der Waals surface area contributed by atoms with Gasteiger partial charge in [0.1, 0.15) is 0 Å². The van der Waals surface area contributed by atoms with Crippen LogP contribution in [0, 0.1) is 0 Å². The van der Waals surface area contributed by atoms with Crippen LogP contribution in [0.4, 0.5) is 5.69 Å². The van der Waals surface area contributed by atoms with Crippen molar-refractivity contribution in [3.63, 3.8) is 0 Å². The zero-order chi connectivity index (χ0) is 21.5. The smallest absolute Gasteiger partial charge is 0.221 e. The van der Waals surface area contributed by atoms with Crippen molar-refractivity contribution in [2.75, 3.05) is 18.4 Å². The molecule has 1 N–H and O–H groups in total. The summed E-state index contributed by atoms with van der Waals surface area (Å²) in [6.07, 6.45) is 6.40. The summed E-state index contributed by atoms with van der Waals surface area (Å²) in [4.78, 5) is 18.5. The second kappa shape index (κ2) is 9.88. The lowest BCUT2D eigenvalue weighted by atomic mass is 9.71. The Labute approximate surface area is 185 Å². The molecule has 160 valence electrons. The maximum atomic E-state index is 11.2. The third kappa shape index (κ3) is 5.59. The maximum Gasteiger partial charge on any atom is 0.221 e. The molecule has 1 aliphatic heterocycles. The zero-order valence-electron chi connectivity index (χ0n) is 18.3. The number of carbonyl (C=O) groups excluding carboxylic acids is 1. The fourth-order valence-corrected chi connectivity index (χ4v) is 4.63. The van der Waals surface area contributed by atoms with Crippen molar-refractivity contribution < 1.29 is 4.79 Å². The highest BCUT2D eigenvalue weighted by Gasteiger charge is 2.36. The number of nitrogens with zero attached hydrogens (tertiary/aromatic N) is 2. The van der Waals surface area contributed by atoms with E-state index in [9.17, 15) is 4.79 Å². The molecule has 1 saturated heterocycles. The fourth-order valence-electron chi connectivity index (χ4n) is 4.63.